The summed E-state index contributed by atoms with van der Waals surface area (Å²) in [6, 6.07) is 0. The van der Waals surface area contributed by atoms with Crippen molar-refractivity contribution in [1.82, 2.24) is 0 Å². The molecule has 1 saturated carbocycles. The minimum atomic E-state index is -0.213. The van der Waals surface area contributed by atoms with E-state index in [1.165, 1.54) is 19.3 Å². The lowest BCUT2D eigenvalue weighted by Crippen LogP contribution is -2.33. The molecule has 0 N–H and O–H groups in total. The maximum absolute atomic E-state index is 12.5. The van der Waals surface area contributed by atoms with Crippen LogP contribution >= 0.6 is 0 Å². The summed E-state index contributed by atoms with van der Waals surface area (Å²) in [6.45, 7) is 8.82. The van der Waals surface area contributed by atoms with Gasteiger partial charge in [-0.1, -0.05) is 34.1 Å². The fourth-order valence-electron chi connectivity index (χ4n) is 4.05. The summed E-state index contributed by atoms with van der Waals surface area (Å²) >= 11 is 0. The largest absolute Gasteiger partial charge is 0.459 e. The number of rotatable bonds is 2. The molecule has 2 rings (SSSR count). The molecule has 2 nitrogen and oxygen atoms in total. The van der Waals surface area contributed by atoms with Gasteiger partial charge in [0.15, 0.2) is 0 Å². The molecular formula is C16H28O2. The Morgan fingerprint density at radius 1 is 1.17 bits per heavy atom. The van der Waals surface area contributed by atoms with Crippen LogP contribution in [0.25, 0.3) is 0 Å². The lowest BCUT2D eigenvalue weighted by Gasteiger charge is -2.34. The summed E-state index contributed by atoms with van der Waals surface area (Å²) in [4.78, 5) is 12.5. The lowest BCUT2D eigenvalue weighted by atomic mass is 9.67. The molecule has 104 valence electrons. The van der Waals surface area contributed by atoms with Crippen molar-refractivity contribution < 1.29 is 9.53 Å². The van der Waals surface area contributed by atoms with Crippen molar-refractivity contribution in [3.05, 3.63) is 0 Å². The van der Waals surface area contributed by atoms with Gasteiger partial charge in [0.05, 0.1) is 5.41 Å². The zero-order valence-electron chi connectivity index (χ0n) is 12.5. The SMILES string of the molecule is CCC1(CC(C)(C)C)CC2(CCCCC2)OC1=O. The van der Waals surface area contributed by atoms with E-state index in [9.17, 15) is 4.79 Å². The van der Waals surface area contributed by atoms with Crippen LogP contribution in [0, 0.1) is 10.8 Å². The highest BCUT2D eigenvalue weighted by atomic mass is 16.6. The molecule has 2 aliphatic rings. The lowest BCUT2D eigenvalue weighted by molar-refractivity contribution is -0.157. The van der Waals surface area contributed by atoms with Gasteiger partial charge in [-0.15, -0.1) is 0 Å². The van der Waals surface area contributed by atoms with Crippen LogP contribution in [-0.2, 0) is 9.53 Å². The van der Waals surface area contributed by atoms with Crippen LogP contribution in [0.3, 0.4) is 0 Å². The normalized spacial score (nSPS) is 31.7. The van der Waals surface area contributed by atoms with E-state index in [4.69, 9.17) is 4.74 Å². The predicted molar refractivity (Wildman–Crippen MR) is 73.3 cm³/mol. The Morgan fingerprint density at radius 2 is 1.78 bits per heavy atom. The van der Waals surface area contributed by atoms with Crippen LogP contribution in [0.15, 0.2) is 0 Å². The Bertz CT molecular complexity index is 320. The van der Waals surface area contributed by atoms with Crippen molar-refractivity contribution in [3.8, 4) is 0 Å². The smallest absolute Gasteiger partial charge is 0.312 e. The molecule has 0 aromatic rings. The molecule has 0 amide bonds. The van der Waals surface area contributed by atoms with Crippen LogP contribution < -0.4 is 0 Å². The molecular weight excluding hydrogens is 224 g/mol. The third-order valence-electron chi connectivity index (χ3n) is 4.71. The first kappa shape index (κ1) is 13.9. The molecule has 0 radical (unpaired) electrons. The second-order valence-corrected chi connectivity index (χ2v) is 7.68. The van der Waals surface area contributed by atoms with Crippen LogP contribution in [0.2, 0.25) is 0 Å². The molecule has 1 atom stereocenters. The van der Waals surface area contributed by atoms with Gasteiger partial charge in [-0.05, 0) is 43.9 Å². The van der Waals surface area contributed by atoms with Crippen molar-refractivity contribution >= 4 is 5.97 Å². The zero-order valence-corrected chi connectivity index (χ0v) is 12.5. The number of esters is 1. The van der Waals surface area contributed by atoms with Gasteiger partial charge in [0.2, 0.25) is 0 Å². The van der Waals surface area contributed by atoms with E-state index >= 15 is 0 Å². The molecule has 2 heteroatoms. The molecule has 1 aliphatic heterocycles. The van der Waals surface area contributed by atoms with E-state index in [2.05, 4.69) is 27.7 Å². The average Bonchev–Trinajstić information content (AvgIpc) is 2.51. The van der Waals surface area contributed by atoms with Crippen LogP contribution in [-0.4, -0.2) is 11.6 Å². The maximum Gasteiger partial charge on any atom is 0.312 e. The second-order valence-electron chi connectivity index (χ2n) is 7.68. The van der Waals surface area contributed by atoms with Crippen molar-refractivity contribution in [1.29, 1.82) is 0 Å². The summed E-state index contributed by atoms with van der Waals surface area (Å²) in [6.07, 6.45) is 8.77. The topological polar surface area (TPSA) is 26.3 Å². The fourth-order valence-corrected chi connectivity index (χ4v) is 4.05. The Labute approximate surface area is 111 Å². The van der Waals surface area contributed by atoms with Gasteiger partial charge < -0.3 is 4.74 Å². The highest BCUT2D eigenvalue weighted by Crippen LogP contribution is 2.53. The van der Waals surface area contributed by atoms with Crippen LogP contribution in [0.5, 0.6) is 0 Å². The molecule has 1 aliphatic carbocycles. The van der Waals surface area contributed by atoms with Gasteiger partial charge in [0, 0.05) is 6.42 Å². The third kappa shape index (κ3) is 2.57. The molecule has 1 unspecified atom stereocenters. The molecule has 0 bridgehead atoms. The van der Waals surface area contributed by atoms with Gasteiger partial charge in [-0.2, -0.15) is 0 Å². The van der Waals surface area contributed by atoms with E-state index in [1.807, 2.05) is 0 Å². The minimum Gasteiger partial charge on any atom is -0.459 e. The van der Waals surface area contributed by atoms with E-state index in [1.54, 1.807) is 0 Å². The molecule has 18 heavy (non-hydrogen) atoms. The third-order valence-corrected chi connectivity index (χ3v) is 4.71. The van der Waals surface area contributed by atoms with Crippen LogP contribution in [0.4, 0.5) is 0 Å². The summed E-state index contributed by atoms with van der Waals surface area (Å²) < 4.78 is 5.90. The second kappa shape index (κ2) is 4.54. The summed E-state index contributed by atoms with van der Waals surface area (Å²) in [5.74, 6) is 0.0850. The van der Waals surface area contributed by atoms with E-state index < -0.39 is 0 Å². The monoisotopic (exact) mass is 252 g/mol. The molecule has 1 saturated heterocycles. The molecule has 0 aromatic carbocycles. The first-order chi connectivity index (χ1) is 8.31. The van der Waals surface area contributed by atoms with Crippen LogP contribution in [0.1, 0.15) is 79.1 Å². The fraction of sp³-hybridized carbons (Fsp3) is 0.938. The number of ether oxygens (including phenoxy) is 1. The van der Waals surface area contributed by atoms with Crippen molar-refractivity contribution in [2.45, 2.75) is 84.7 Å². The number of hydrogen-bond acceptors (Lipinski definition) is 2. The number of hydrogen-bond donors (Lipinski definition) is 0. The van der Waals surface area contributed by atoms with Crippen molar-refractivity contribution in [2.24, 2.45) is 10.8 Å². The molecule has 1 spiro atoms. The molecule has 1 heterocycles. The summed E-state index contributed by atoms with van der Waals surface area (Å²) in [5.41, 5.74) is -0.124. The van der Waals surface area contributed by atoms with E-state index in [0.717, 1.165) is 32.1 Å². The number of carbonyl (C=O) groups excluding carboxylic acids is 1. The maximum atomic E-state index is 12.5. The zero-order chi connectivity index (χ0) is 13.4. The van der Waals surface area contributed by atoms with E-state index in [0.29, 0.717) is 0 Å². The van der Waals surface area contributed by atoms with Crippen molar-refractivity contribution in [3.63, 3.8) is 0 Å². The highest BCUT2D eigenvalue weighted by Gasteiger charge is 2.56. The number of carbonyl (C=O) groups is 1. The van der Waals surface area contributed by atoms with Gasteiger partial charge >= 0.3 is 5.97 Å². The van der Waals surface area contributed by atoms with Gasteiger partial charge in [-0.25, -0.2) is 0 Å². The van der Waals surface area contributed by atoms with E-state index in [-0.39, 0.29) is 22.4 Å². The Hall–Kier alpha value is -0.530. The molecule has 2 fully saturated rings. The molecule has 0 aromatic heterocycles. The Morgan fingerprint density at radius 3 is 2.28 bits per heavy atom. The first-order valence-electron chi connectivity index (χ1n) is 7.54. The highest BCUT2D eigenvalue weighted by molar-refractivity contribution is 5.79. The first-order valence-corrected chi connectivity index (χ1v) is 7.54. The average molecular weight is 252 g/mol. The summed E-state index contributed by atoms with van der Waals surface area (Å²) in [5, 5.41) is 0. The summed E-state index contributed by atoms with van der Waals surface area (Å²) in [7, 11) is 0. The predicted octanol–water partition coefficient (Wildman–Crippen LogP) is 4.47. The Kier molecular flexibility index (Phi) is 3.50. The minimum absolute atomic E-state index is 0.0850. The van der Waals surface area contributed by atoms with Gasteiger partial charge in [-0.3, -0.25) is 4.79 Å². The van der Waals surface area contributed by atoms with Gasteiger partial charge in [0.1, 0.15) is 5.60 Å². The standard InChI is InChI=1S/C16H28O2/c1-5-15(11-14(2,3)4)12-16(18-13(15)17)9-7-6-8-10-16/h5-12H2,1-4H3. The Balaban J connectivity index is 2.19. The van der Waals surface area contributed by atoms with Crippen molar-refractivity contribution in [2.75, 3.05) is 0 Å². The quantitative estimate of drug-likeness (QED) is 0.678. The van der Waals surface area contributed by atoms with Gasteiger partial charge in [0.25, 0.3) is 0 Å².